The topological polar surface area (TPSA) is 46.2 Å². The molecule has 1 saturated heterocycles. The van der Waals surface area contributed by atoms with Crippen LogP contribution in [0.3, 0.4) is 0 Å². The molecule has 3 aliphatic rings. The van der Waals surface area contributed by atoms with E-state index in [9.17, 15) is 0 Å². The summed E-state index contributed by atoms with van der Waals surface area (Å²) in [4.78, 5) is 6.58. The number of nitrogens with one attached hydrogen (secondary N) is 1. The van der Waals surface area contributed by atoms with Crippen molar-refractivity contribution < 1.29 is 14.2 Å². The fourth-order valence-corrected chi connectivity index (χ4v) is 8.44. The summed E-state index contributed by atoms with van der Waals surface area (Å²) in [7, 11) is 5.23. The number of thioether (sulfide) groups is 1. The molecule has 2 fully saturated rings. The van der Waals surface area contributed by atoms with Gasteiger partial charge in [-0.15, -0.1) is 11.8 Å². The van der Waals surface area contributed by atoms with Crippen LogP contribution in [0.4, 0.5) is 5.69 Å². The quantitative estimate of drug-likeness (QED) is 0.121. The van der Waals surface area contributed by atoms with Crippen LogP contribution >= 0.6 is 11.8 Å². The number of methoxy groups -OCH3 is 3. The van der Waals surface area contributed by atoms with Gasteiger partial charge in [-0.1, -0.05) is 57.5 Å². The van der Waals surface area contributed by atoms with Gasteiger partial charge in [0.2, 0.25) is 0 Å². The first kappa shape index (κ1) is 40.3. The lowest BCUT2D eigenvalue weighted by molar-refractivity contribution is 0.224. The van der Waals surface area contributed by atoms with Gasteiger partial charge in [0.25, 0.3) is 0 Å². The Labute approximate surface area is 335 Å². The predicted octanol–water partition coefficient (Wildman–Crippen LogP) is 11.2. The first-order valence-electron chi connectivity index (χ1n) is 20.3. The van der Waals surface area contributed by atoms with Gasteiger partial charge in [0, 0.05) is 42.8 Å². The Bertz CT molecular complexity index is 1910. The fourth-order valence-electron chi connectivity index (χ4n) is 8.03. The van der Waals surface area contributed by atoms with Gasteiger partial charge >= 0.3 is 0 Å². The van der Waals surface area contributed by atoms with Crippen molar-refractivity contribution in [1.29, 1.82) is 0 Å². The molecule has 1 N–H and O–H groups in total. The van der Waals surface area contributed by atoms with Crippen molar-refractivity contribution in [3.8, 4) is 28.4 Å². The molecule has 2 heterocycles. The molecule has 7 heteroatoms. The molecule has 6 nitrogen and oxygen atoms in total. The SMILES string of the molecule is CC.CCCc1cc(-c2cccc(CN(c3ccc(SC)cc3)C3CCN(CC4=CC(c5cc(OC)cc(C6CC6)c5)NC=C4)CC3)c2)cc(OC)c1OC. The van der Waals surface area contributed by atoms with E-state index in [0.717, 1.165) is 74.7 Å². The third-order valence-electron chi connectivity index (χ3n) is 11.0. The molecule has 0 aromatic heterocycles. The number of ether oxygens (including phenoxy) is 3. The minimum atomic E-state index is 0.160. The highest BCUT2D eigenvalue weighted by Crippen LogP contribution is 2.43. The van der Waals surface area contributed by atoms with Crippen LogP contribution in [0.1, 0.15) is 87.1 Å². The van der Waals surface area contributed by atoms with E-state index in [1.165, 1.54) is 56.8 Å². The van der Waals surface area contributed by atoms with Crippen LogP contribution in [0.15, 0.2) is 108 Å². The molecule has 1 saturated carbocycles. The molecule has 0 radical (unpaired) electrons. The Morgan fingerprint density at radius 1 is 0.818 bits per heavy atom. The molecule has 1 atom stereocenters. The smallest absolute Gasteiger partial charge is 0.163 e. The summed E-state index contributed by atoms with van der Waals surface area (Å²) in [5, 5.41) is 3.59. The van der Waals surface area contributed by atoms with Gasteiger partial charge in [-0.2, -0.15) is 0 Å². The van der Waals surface area contributed by atoms with Gasteiger partial charge in [-0.25, -0.2) is 0 Å². The lowest BCUT2D eigenvalue weighted by Gasteiger charge is -2.40. The maximum absolute atomic E-state index is 5.79. The largest absolute Gasteiger partial charge is 0.497 e. The fraction of sp³-hybridized carbons (Fsp3) is 0.417. The van der Waals surface area contributed by atoms with Crippen LogP contribution in [0.5, 0.6) is 17.2 Å². The predicted molar refractivity (Wildman–Crippen MR) is 232 cm³/mol. The first-order chi connectivity index (χ1) is 27.0. The zero-order chi connectivity index (χ0) is 38.7. The number of nitrogens with zero attached hydrogens (tertiary/aromatic N) is 2. The number of likely N-dealkylation sites (tertiary alicyclic amines) is 1. The number of hydrogen-bond acceptors (Lipinski definition) is 7. The zero-order valence-electron chi connectivity index (χ0n) is 34.1. The van der Waals surface area contributed by atoms with Crippen LogP contribution in [0.2, 0.25) is 0 Å². The Morgan fingerprint density at radius 3 is 2.25 bits per heavy atom. The summed E-state index contributed by atoms with van der Waals surface area (Å²) in [5.41, 5.74) is 10.2. The Balaban J connectivity index is 0.00000253. The highest BCUT2D eigenvalue weighted by Gasteiger charge is 2.28. The molecule has 2 aliphatic heterocycles. The summed E-state index contributed by atoms with van der Waals surface area (Å²) in [6.07, 6.45) is 15.7. The van der Waals surface area contributed by atoms with Crippen molar-refractivity contribution >= 4 is 17.4 Å². The van der Waals surface area contributed by atoms with Gasteiger partial charge in [0.15, 0.2) is 11.5 Å². The zero-order valence-corrected chi connectivity index (χ0v) is 34.9. The molecule has 55 heavy (non-hydrogen) atoms. The van der Waals surface area contributed by atoms with Crippen molar-refractivity contribution in [2.45, 2.75) is 88.7 Å². The van der Waals surface area contributed by atoms with Crippen molar-refractivity contribution in [1.82, 2.24) is 10.2 Å². The molecule has 1 aliphatic carbocycles. The summed E-state index contributed by atoms with van der Waals surface area (Å²) in [6.45, 7) is 10.2. The van der Waals surface area contributed by atoms with Crippen LogP contribution in [-0.4, -0.2) is 58.2 Å². The van der Waals surface area contributed by atoms with Crippen LogP contribution in [0, 0.1) is 0 Å². The number of piperidine rings is 1. The van der Waals surface area contributed by atoms with E-state index in [1.54, 1.807) is 33.1 Å². The van der Waals surface area contributed by atoms with E-state index in [1.807, 2.05) is 13.8 Å². The third kappa shape index (κ3) is 10.1. The second kappa shape index (κ2) is 19.5. The van der Waals surface area contributed by atoms with Gasteiger partial charge in [-0.3, -0.25) is 4.90 Å². The minimum Gasteiger partial charge on any atom is -0.497 e. The summed E-state index contributed by atoms with van der Waals surface area (Å²) < 4.78 is 17.2. The maximum atomic E-state index is 5.79. The van der Waals surface area contributed by atoms with Crippen LogP contribution < -0.4 is 24.4 Å². The van der Waals surface area contributed by atoms with Gasteiger partial charge in [-0.05, 0) is 150 Å². The maximum Gasteiger partial charge on any atom is 0.163 e. The number of aryl methyl sites for hydroxylation is 1. The van der Waals surface area contributed by atoms with Crippen molar-refractivity contribution in [2.24, 2.45) is 0 Å². The van der Waals surface area contributed by atoms with Crippen molar-refractivity contribution in [3.05, 3.63) is 125 Å². The van der Waals surface area contributed by atoms with Crippen LogP contribution in [-0.2, 0) is 13.0 Å². The summed E-state index contributed by atoms with van der Waals surface area (Å²) >= 11 is 1.79. The van der Waals surface area contributed by atoms with Gasteiger partial charge in [0.1, 0.15) is 5.75 Å². The second-order valence-electron chi connectivity index (χ2n) is 14.7. The van der Waals surface area contributed by atoms with E-state index in [2.05, 4.69) is 126 Å². The number of hydrogen-bond donors (Lipinski definition) is 1. The standard InChI is InChI=1S/C46H55N3O3S.C2H6/c1-6-8-36-25-38(29-45(51-3)46(36)52-4)35-10-7-9-32(23-35)31-49(40-13-15-43(53-5)16-14-40)41-18-21-48(22-19-41)30-33-17-20-47-44(24-33)39-26-37(34-11-12-34)27-42(28-39)50-2;1-2/h7,9-10,13-17,20,23-29,34,41,44,47H,6,8,11-12,18-19,21-22,30-31H2,1-5H3;1-2H3. The van der Waals surface area contributed by atoms with E-state index in [0.29, 0.717) is 12.0 Å². The highest BCUT2D eigenvalue weighted by molar-refractivity contribution is 7.98. The highest BCUT2D eigenvalue weighted by atomic mass is 32.2. The third-order valence-corrected chi connectivity index (χ3v) is 11.8. The normalized spacial score (nSPS) is 17.1. The Morgan fingerprint density at radius 2 is 1.58 bits per heavy atom. The van der Waals surface area contributed by atoms with Gasteiger partial charge < -0.3 is 24.4 Å². The number of dihydropyridines is 1. The molecule has 292 valence electrons. The summed E-state index contributed by atoms with van der Waals surface area (Å²) in [5.74, 6) is 3.28. The monoisotopic (exact) mass is 759 g/mol. The molecule has 4 aromatic rings. The van der Waals surface area contributed by atoms with E-state index in [4.69, 9.17) is 14.2 Å². The number of anilines is 1. The van der Waals surface area contributed by atoms with Gasteiger partial charge in [0.05, 0.1) is 27.4 Å². The second-order valence-corrected chi connectivity index (χ2v) is 15.6. The average molecular weight is 760 g/mol. The Kier molecular flexibility index (Phi) is 14.3. The van der Waals surface area contributed by atoms with E-state index in [-0.39, 0.29) is 6.04 Å². The average Bonchev–Trinajstić information content (AvgIpc) is 4.10. The van der Waals surface area contributed by atoms with E-state index < -0.39 is 0 Å². The molecule has 1 unspecified atom stereocenters. The molecule has 0 spiro atoms. The van der Waals surface area contributed by atoms with Crippen molar-refractivity contribution in [3.63, 3.8) is 0 Å². The lowest BCUT2D eigenvalue weighted by atomic mass is 9.96. The Hall–Kier alpha value is -4.33. The van der Waals surface area contributed by atoms with Crippen molar-refractivity contribution in [2.75, 3.05) is 52.1 Å². The first-order valence-corrected chi connectivity index (χ1v) is 21.5. The summed E-state index contributed by atoms with van der Waals surface area (Å²) in [6, 6.07) is 30.0. The number of rotatable bonds is 15. The molecular formula is C48H61N3O3S. The molecule has 7 rings (SSSR count). The molecule has 4 aromatic carbocycles. The molecule has 0 bridgehead atoms. The van der Waals surface area contributed by atoms with E-state index >= 15 is 0 Å². The number of benzene rings is 4. The molecular weight excluding hydrogens is 699 g/mol. The lowest BCUT2D eigenvalue weighted by Crippen LogP contribution is -2.45. The molecule has 0 amide bonds. The van der Waals surface area contributed by atoms with Crippen LogP contribution in [0.25, 0.3) is 11.1 Å². The minimum absolute atomic E-state index is 0.160.